The van der Waals surface area contributed by atoms with Gasteiger partial charge >= 0.3 is 0 Å². The first kappa shape index (κ1) is 14.7. The number of rotatable bonds is 3. The first-order valence-corrected chi connectivity index (χ1v) is 7.71. The standard InChI is InChI=1S/C17H16FN5O/c1-10-19-9-14(23(10)2)12-5-11-6-15(21-8-13(11)20-7-12)22-16(24)17(18)3-4-17/h5-9H,3-4H2,1-2H3,(H,21,22,24). The SMILES string of the molecule is Cc1ncc(-c2cnc3cnc(NC(=O)C4(F)CC4)cc3c2)n1C. The van der Waals surface area contributed by atoms with Gasteiger partial charge in [0.2, 0.25) is 0 Å². The molecular weight excluding hydrogens is 309 g/mol. The highest BCUT2D eigenvalue weighted by atomic mass is 19.1. The maximum absolute atomic E-state index is 13.8. The number of pyridine rings is 2. The normalized spacial score (nSPS) is 15.5. The zero-order valence-corrected chi connectivity index (χ0v) is 13.4. The molecule has 24 heavy (non-hydrogen) atoms. The summed E-state index contributed by atoms with van der Waals surface area (Å²) in [6.45, 7) is 1.93. The number of aryl methyl sites for hydroxylation is 1. The lowest BCUT2D eigenvalue weighted by molar-refractivity contribution is -0.122. The van der Waals surface area contributed by atoms with Crippen LogP contribution in [0.15, 0.2) is 30.7 Å². The number of carbonyl (C=O) groups excluding carboxylic acids is 1. The molecule has 1 saturated carbocycles. The third kappa shape index (κ3) is 2.42. The third-order valence-corrected chi connectivity index (χ3v) is 4.42. The number of nitrogens with zero attached hydrogens (tertiary/aromatic N) is 4. The van der Waals surface area contributed by atoms with Crippen LogP contribution in [-0.2, 0) is 11.8 Å². The highest BCUT2D eigenvalue weighted by molar-refractivity contribution is 5.99. The second-order valence-electron chi connectivity index (χ2n) is 6.16. The van der Waals surface area contributed by atoms with E-state index in [2.05, 4.69) is 20.3 Å². The molecule has 0 aliphatic heterocycles. The molecule has 3 aromatic rings. The molecule has 1 aliphatic carbocycles. The second kappa shape index (κ2) is 5.09. The van der Waals surface area contributed by atoms with Crippen molar-refractivity contribution >= 4 is 22.6 Å². The molecule has 4 rings (SSSR count). The molecule has 0 aromatic carbocycles. The highest BCUT2D eigenvalue weighted by Gasteiger charge is 2.51. The van der Waals surface area contributed by atoms with Crippen molar-refractivity contribution < 1.29 is 9.18 Å². The number of fused-ring (bicyclic) bond motifs is 1. The zero-order valence-electron chi connectivity index (χ0n) is 13.4. The first-order valence-electron chi connectivity index (χ1n) is 7.71. The quantitative estimate of drug-likeness (QED) is 0.803. The van der Waals surface area contributed by atoms with Gasteiger partial charge in [-0.2, -0.15) is 0 Å². The summed E-state index contributed by atoms with van der Waals surface area (Å²) in [5.74, 6) is 0.614. The largest absolute Gasteiger partial charge is 0.331 e. The van der Waals surface area contributed by atoms with E-state index < -0.39 is 11.6 Å². The number of aromatic nitrogens is 4. The summed E-state index contributed by atoms with van der Waals surface area (Å²) in [5, 5.41) is 3.36. The lowest BCUT2D eigenvalue weighted by atomic mass is 10.1. The third-order valence-electron chi connectivity index (χ3n) is 4.42. The van der Waals surface area contributed by atoms with E-state index in [1.807, 2.05) is 24.6 Å². The molecule has 1 aliphatic rings. The summed E-state index contributed by atoms with van der Waals surface area (Å²) >= 11 is 0. The average Bonchev–Trinajstić information content (AvgIpc) is 3.24. The van der Waals surface area contributed by atoms with Gasteiger partial charge in [0, 0.05) is 24.2 Å². The molecule has 6 nitrogen and oxygen atoms in total. The fourth-order valence-corrected chi connectivity index (χ4v) is 2.57. The van der Waals surface area contributed by atoms with Crippen molar-refractivity contribution in [1.29, 1.82) is 0 Å². The van der Waals surface area contributed by atoms with Crippen LogP contribution in [0.4, 0.5) is 10.2 Å². The minimum absolute atomic E-state index is 0.276. The Balaban J connectivity index is 1.70. The van der Waals surface area contributed by atoms with E-state index in [9.17, 15) is 9.18 Å². The summed E-state index contributed by atoms with van der Waals surface area (Å²) < 4.78 is 15.7. The fraction of sp³-hybridized carbons (Fsp3) is 0.294. The van der Waals surface area contributed by atoms with E-state index in [0.29, 0.717) is 11.3 Å². The van der Waals surface area contributed by atoms with Gasteiger partial charge in [-0.15, -0.1) is 0 Å². The van der Waals surface area contributed by atoms with Crippen molar-refractivity contribution in [2.75, 3.05) is 5.32 Å². The molecule has 1 N–H and O–H groups in total. The van der Waals surface area contributed by atoms with Crippen LogP contribution in [0.25, 0.3) is 22.2 Å². The fourth-order valence-electron chi connectivity index (χ4n) is 2.57. The minimum atomic E-state index is -1.72. The molecule has 0 saturated heterocycles. The summed E-state index contributed by atoms with van der Waals surface area (Å²) in [4.78, 5) is 24.6. The van der Waals surface area contributed by atoms with Crippen molar-refractivity contribution in [3.8, 4) is 11.3 Å². The Kier molecular flexibility index (Phi) is 3.13. The van der Waals surface area contributed by atoms with E-state index in [-0.39, 0.29) is 12.8 Å². The van der Waals surface area contributed by atoms with Crippen LogP contribution in [0.1, 0.15) is 18.7 Å². The number of imidazole rings is 1. The molecule has 0 radical (unpaired) electrons. The predicted octanol–water partition coefficient (Wildman–Crippen LogP) is 2.78. The maximum Gasteiger partial charge on any atom is 0.263 e. The molecule has 1 amide bonds. The van der Waals surface area contributed by atoms with Crippen LogP contribution in [0.2, 0.25) is 0 Å². The number of nitrogens with one attached hydrogen (secondary N) is 1. The molecule has 0 bridgehead atoms. The summed E-state index contributed by atoms with van der Waals surface area (Å²) in [6.07, 6.45) is 5.68. The Bertz CT molecular complexity index is 961. The van der Waals surface area contributed by atoms with Crippen molar-refractivity contribution in [3.05, 3.63) is 36.5 Å². The molecular formula is C17H16FN5O. The maximum atomic E-state index is 13.8. The number of hydrogen-bond acceptors (Lipinski definition) is 4. The van der Waals surface area contributed by atoms with E-state index in [0.717, 1.165) is 22.5 Å². The van der Waals surface area contributed by atoms with Gasteiger partial charge in [-0.05, 0) is 31.9 Å². The van der Waals surface area contributed by atoms with E-state index >= 15 is 0 Å². The lowest BCUT2D eigenvalue weighted by Crippen LogP contribution is -2.25. The van der Waals surface area contributed by atoms with Gasteiger partial charge in [0.1, 0.15) is 11.6 Å². The Morgan fingerprint density at radius 2 is 2.00 bits per heavy atom. The Labute approximate surface area is 137 Å². The lowest BCUT2D eigenvalue weighted by Gasteiger charge is -2.08. The van der Waals surface area contributed by atoms with Crippen molar-refractivity contribution in [2.45, 2.75) is 25.4 Å². The molecule has 3 aromatic heterocycles. The van der Waals surface area contributed by atoms with Crippen LogP contribution in [0, 0.1) is 6.92 Å². The second-order valence-corrected chi connectivity index (χ2v) is 6.16. The molecule has 122 valence electrons. The molecule has 7 heteroatoms. The number of amides is 1. The van der Waals surface area contributed by atoms with Crippen molar-refractivity contribution in [3.63, 3.8) is 0 Å². The highest BCUT2D eigenvalue weighted by Crippen LogP contribution is 2.40. The predicted molar refractivity (Wildman–Crippen MR) is 88.2 cm³/mol. The first-order chi connectivity index (χ1) is 11.5. The summed E-state index contributed by atoms with van der Waals surface area (Å²) in [5.41, 5.74) is 0.850. The monoisotopic (exact) mass is 325 g/mol. The van der Waals surface area contributed by atoms with E-state index in [1.165, 1.54) is 0 Å². The number of halogens is 1. The smallest absolute Gasteiger partial charge is 0.263 e. The molecule has 0 atom stereocenters. The Morgan fingerprint density at radius 1 is 1.21 bits per heavy atom. The van der Waals surface area contributed by atoms with Crippen LogP contribution in [0.5, 0.6) is 0 Å². The molecule has 0 spiro atoms. The topological polar surface area (TPSA) is 72.7 Å². The zero-order chi connectivity index (χ0) is 16.9. The van der Waals surface area contributed by atoms with Crippen LogP contribution >= 0.6 is 0 Å². The van der Waals surface area contributed by atoms with Crippen molar-refractivity contribution in [1.82, 2.24) is 19.5 Å². The van der Waals surface area contributed by atoms with Gasteiger partial charge in [-0.25, -0.2) is 14.4 Å². The van der Waals surface area contributed by atoms with E-state index in [1.54, 1.807) is 24.7 Å². The van der Waals surface area contributed by atoms with Gasteiger partial charge in [-0.1, -0.05) is 0 Å². The van der Waals surface area contributed by atoms with Crippen LogP contribution in [0.3, 0.4) is 0 Å². The molecule has 1 fully saturated rings. The molecule has 0 unspecified atom stereocenters. The van der Waals surface area contributed by atoms with Crippen LogP contribution in [-0.4, -0.2) is 31.1 Å². The Hall–Kier alpha value is -2.83. The number of anilines is 1. The summed E-state index contributed by atoms with van der Waals surface area (Å²) in [6, 6.07) is 3.66. The number of alkyl halides is 1. The van der Waals surface area contributed by atoms with Gasteiger partial charge in [0.05, 0.1) is 23.6 Å². The molecule has 3 heterocycles. The summed E-state index contributed by atoms with van der Waals surface area (Å²) in [7, 11) is 1.94. The number of hydrogen-bond donors (Lipinski definition) is 1. The minimum Gasteiger partial charge on any atom is -0.331 e. The number of carbonyl (C=O) groups is 1. The Morgan fingerprint density at radius 3 is 2.67 bits per heavy atom. The van der Waals surface area contributed by atoms with Gasteiger partial charge in [-0.3, -0.25) is 9.78 Å². The van der Waals surface area contributed by atoms with Crippen molar-refractivity contribution in [2.24, 2.45) is 7.05 Å². The van der Waals surface area contributed by atoms with Crippen LogP contribution < -0.4 is 5.32 Å². The van der Waals surface area contributed by atoms with Gasteiger partial charge in [0.25, 0.3) is 5.91 Å². The van der Waals surface area contributed by atoms with Gasteiger partial charge < -0.3 is 9.88 Å². The average molecular weight is 325 g/mol. The van der Waals surface area contributed by atoms with Gasteiger partial charge in [0.15, 0.2) is 5.67 Å². The van der Waals surface area contributed by atoms with E-state index in [4.69, 9.17) is 0 Å².